The summed E-state index contributed by atoms with van der Waals surface area (Å²) >= 11 is 6.30. The third-order valence-electron chi connectivity index (χ3n) is 5.41. The van der Waals surface area contributed by atoms with E-state index in [1.807, 2.05) is 47.2 Å². The van der Waals surface area contributed by atoms with Crippen molar-refractivity contribution < 1.29 is 0 Å². The zero-order valence-electron chi connectivity index (χ0n) is 14.2. The van der Waals surface area contributed by atoms with Gasteiger partial charge in [-0.15, -0.1) is 0 Å². The minimum absolute atomic E-state index is 0.0135. The van der Waals surface area contributed by atoms with Crippen molar-refractivity contribution in [2.75, 3.05) is 18.0 Å². The number of H-pyrrole nitrogens is 2. The van der Waals surface area contributed by atoms with E-state index in [9.17, 15) is 4.79 Å². The molecule has 0 saturated carbocycles. The van der Waals surface area contributed by atoms with Gasteiger partial charge in [0.25, 0.3) is 0 Å². The number of hydrogen-bond acceptors (Lipinski definition) is 2. The average Bonchev–Trinajstić information content (AvgIpc) is 3.24. The molecule has 0 bridgehead atoms. The molecule has 5 rings (SSSR count). The molecule has 1 saturated heterocycles. The van der Waals surface area contributed by atoms with Gasteiger partial charge in [-0.1, -0.05) is 23.7 Å². The highest BCUT2D eigenvalue weighted by atomic mass is 35.5. The molecule has 0 aliphatic carbocycles. The van der Waals surface area contributed by atoms with Gasteiger partial charge in [-0.25, -0.2) is 4.79 Å². The number of halogens is 1. The van der Waals surface area contributed by atoms with Crippen molar-refractivity contribution in [1.29, 1.82) is 0 Å². The van der Waals surface area contributed by atoms with Crippen LogP contribution in [0, 0.1) is 0 Å². The number of imidazole rings is 1. The number of hydrogen-bond donors (Lipinski definition) is 2. The molecular formula is C20H19ClN4O. The molecule has 0 radical (unpaired) electrons. The van der Waals surface area contributed by atoms with Crippen LogP contribution < -0.4 is 10.6 Å². The van der Waals surface area contributed by atoms with Crippen LogP contribution in [-0.4, -0.2) is 27.6 Å². The first-order valence-corrected chi connectivity index (χ1v) is 9.29. The molecule has 2 aromatic heterocycles. The third kappa shape index (κ3) is 2.42. The van der Waals surface area contributed by atoms with Crippen LogP contribution in [0.2, 0.25) is 5.02 Å². The molecule has 5 nitrogen and oxygen atoms in total. The summed E-state index contributed by atoms with van der Waals surface area (Å²) in [7, 11) is 0. The predicted octanol–water partition coefficient (Wildman–Crippen LogP) is 4.31. The fourth-order valence-electron chi connectivity index (χ4n) is 4.18. The van der Waals surface area contributed by atoms with E-state index >= 15 is 0 Å². The molecule has 26 heavy (non-hydrogen) atoms. The molecule has 4 aromatic rings. The monoisotopic (exact) mass is 366 g/mol. The first kappa shape index (κ1) is 15.6. The molecule has 2 N–H and O–H groups in total. The number of para-hydroxylation sites is 2. The summed E-state index contributed by atoms with van der Waals surface area (Å²) in [5.41, 5.74) is 4.11. The summed E-state index contributed by atoms with van der Waals surface area (Å²) in [5, 5.41) is 1.93. The Hall–Kier alpha value is -2.66. The van der Waals surface area contributed by atoms with Crippen molar-refractivity contribution in [2.24, 2.45) is 0 Å². The number of fused-ring (bicyclic) bond motifs is 2. The maximum absolute atomic E-state index is 12.4. The highest BCUT2D eigenvalue weighted by Gasteiger charge is 2.24. The van der Waals surface area contributed by atoms with Gasteiger partial charge in [-0.2, -0.15) is 0 Å². The molecular weight excluding hydrogens is 348 g/mol. The van der Waals surface area contributed by atoms with E-state index in [4.69, 9.17) is 11.6 Å². The Morgan fingerprint density at radius 1 is 1.04 bits per heavy atom. The molecule has 0 unspecified atom stereocenters. The molecule has 1 fully saturated rings. The van der Waals surface area contributed by atoms with Gasteiger partial charge in [0, 0.05) is 46.9 Å². The number of benzene rings is 2. The molecule has 2 aromatic carbocycles. The van der Waals surface area contributed by atoms with Crippen molar-refractivity contribution >= 4 is 39.2 Å². The molecule has 6 heteroatoms. The normalized spacial score (nSPS) is 16.0. The second kappa shape index (κ2) is 5.95. The molecule has 0 atom stereocenters. The van der Waals surface area contributed by atoms with Crippen LogP contribution in [0.25, 0.3) is 21.9 Å². The molecule has 3 heterocycles. The van der Waals surface area contributed by atoms with Crippen LogP contribution >= 0.6 is 11.6 Å². The number of anilines is 1. The van der Waals surface area contributed by atoms with Gasteiger partial charge in [0.05, 0.1) is 11.0 Å². The van der Waals surface area contributed by atoms with E-state index in [1.54, 1.807) is 0 Å². The zero-order valence-corrected chi connectivity index (χ0v) is 15.0. The van der Waals surface area contributed by atoms with Gasteiger partial charge in [0.15, 0.2) is 0 Å². The van der Waals surface area contributed by atoms with E-state index in [0.29, 0.717) is 0 Å². The van der Waals surface area contributed by atoms with Gasteiger partial charge >= 0.3 is 5.69 Å². The maximum atomic E-state index is 12.4. The first-order chi connectivity index (χ1) is 12.7. The van der Waals surface area contributed by atoms with E-state index in [2.05, 4.69) is 20.9 Å². The highest BCUT2D eigenvalue weighted by molar-refractivity contribution is 6.31. The Morgan fingerprint density at radius 2 is 1.85 bits per heavy atom. The second-order valence-corrected chi connectivity index (χ2v) is 7.34. The van der Waals surface area contributed by atoms with E-state index < -0.39 is 0 Å². The molecule has 132 valence electrons. The van der Waals surface area contributed by atoms with E-state index in [0.717, 1.165) is 47.5 Å². The quantitative estimate of drug-likeness (QED) is 0.555. The Kier molecular flexibility index (Phi) is 3.57. The molecule has 0 amide bonds. The largest absolute Gasteiger partial charge is 0.371 e. The smallest absolute Gasteiger partial charge is 0.326 e. The maximum Gasteiger partial charge on any atom is 0.326 e. The Balaban J connectivity index is 1.45. The number of aromatic amines is 2. The lowest BCUT2D eigenvalue weighted by atomic mass is 10.0. The van der Waals surface area contributed by atoms with Crippen LogP contribution in [0.15, 0.2) is 53.5 Å². The van der Waals surface area contributed by atoms with Gasteiger partial charge in [-0.05, 0) is 43.2 Å². The SMILES string of the molecule is O=c1[nH]c2ccccc2n1C1CCN(c2cc(Cl)cc3[nH]ccc23)CC1. The van der Waals surface area contributed by atoms with Crippen LogP contribution in [0.3, 0.4) is 0 Å². The van der Waals surface area contributed by atoms with Crippen LogP contribution in [-0.2, 0) is 0 Å². The summed E-state index contributed by atoms with van der Waals surface area (Å²) in [4.78, 5) is 21.0. The van der Waals surface area contributed by atoms with Crippen molar-refractivity contribution in [3.8, 4) is 0 Å². The number of piperidine rings is 1. The van der Waals surface area contributed by atoms with Gasteiger partial charge < -0.3 is 14.9 Å². The standard InChI is InChI=1S/C20H19ClN4O/c21-13-11-17-15(5-8-22-17)19(12-13)24-9-6-14(7-10-24)25-18-4-2-1-3-16(18)23-20(25)26/h1-5,8,11-12,14,22H,6-7,9-10H2,(H,23,26). The summed E-state index contributed by atoms with van der Waals surface area (Å²) in [6.07, 6.45) is 3.81. The highest BCUT2D eigenvalue weighted by Crippen LogP contribution is 2.34. The van der Waals surface area contributed by atoms with Crippen molar-refractivity contribution in [3.63, 3.8) is 0 Å². The van der Waals surface area contributed by atoms with Crippen molar-refractivity contribution in [2.45, 2.75) is 18.9 Å². The fourth-order valence-corrected chi connectivity index (χ4v) is 4.39. The van der Waals surface area contributed by atoms with E-state index in [1.165, 1.54) is 11.1 Å². The van der Waals surface area contributed by atoms with Gasteiger partial charge in [0.1, 0.15) is 0 Å². The Labute approximate surface area is 155 Å². The third-order valence-corrected chi connectivity index (χ3v) is 5.62. The average molecular weight is 367 g/mol. The minimum atomic E-state index is -0.0135. The molecule has 1 aliphatic heterocycles. The topological polar surface area (TPSA) is 56.8 Å². The van der Waals surface area contributed by atoms with Crippen LogP contribution in [0.1, 0.15) is 18.9 Å². The predicted molar refractivity (Wildman–Crippen MR) is 106 cm³/mol. The number of aromatic nitrogens is 3. The summed E-state index contributed by atoms with van der Waals surface area (Å²) < 4.78 is 1.93. The van der Waals surface area contributed by atoms with Crippen molar-refractivity contribution in [1.82, 2.24) is 14.5 Å². The number of rotatable bonds is 2. The number of nitrogens with one attached hydrogen (secondary N) is 2. The van der Waals surface area contributed by atoms with Crippen LogP contribution in [0.5, 0.6) is 0 Å². The molecule has 1 aliphatic rings. The zero-order chi connectivity index (χ0) is 17.7. The van der Waals surface area contributed by atoms with Crippen molar-refractivity contribution in [3.05, 3.63) is 64.2 Å². The lowest BCUT2D eigenvalue weighted by Gasteiger charge is -2.34. The Bertz CT molecular complexity index is 1150. The van der Waals surface area contributed by atoms with Gasteiger partial charge in [-0.3, -0.25) is 4.57 Å². The van der Waals surface area contributed by atoms with E-state index in [-0.39, 0.29) is 11.7 Å². The minimum Gasteiger partial charge on any atom is -0.371 e. The van der Waals surface area contributed by atoms with Crippen LogP contribution in [0.4, 0.5) is 5.69 Å². The van der Waals surface area contributed by atoms with Gasteiger partial charge in [0.2, 0.25) is 0 Å². The lowest BCUT2D eigenvalue weighted by Crippen LogP contribution is -2.37. The summed E-state index contributed by atoms with van der Waals surface area (Å²) in [6.45, 7) is 1.80. The second-order valence-electron chi connectivity index (χ2n) is 6.90. The Morgan fingerprint density at radius 3 is 2.69 bits per heavy atom. The summed E-state index contributed by atoms with van der Waals surface area (Å²) in [6, 6.07) is 14.2. The molecule has 0 spiro atoms. The lowest BCUT2D eigenvalue weighted by molar-refractivity contribution is 0.397. The number of nitrogens with zero attached hydrogens (tertiary/aromatic N) is 2. The fraction of sp³-hybridized carbons (Fsp3) is 0.250. The first-order valence-electron chi connectivity index (χ1n) is 8.91. The summed E-state index contributed by atoms with van der Waals surface area (Å²) in [5.74, 6) is 0.